The molecule has 4 N–H and O–H groups in total. The van der Waals surface area contributed by atoms with Gasteiger partial charge in [-0.15, -0.1) is 11.8 Å². The highest BCUT2D eigenvalue weighted by Gasteiger charge is 2.27. The van der Waals surface area contributed by atoms with Gasteiger partial charge in [0, 0.05) is 57.8 Å². The van der Waals surface area contributed by atoms with Gasteiger partial charge >= 0.3 is 0 Å². The monoisotopic (exact) mass is 642 g/mol. The van der Waals surface area contributed by atoms with Gasteiger partial charge < -0.3 is 24.9 Å². The summed E-state index contributed by atoms with van der Waals surface area (Å²) in [7, 11) is 0. The molecule has 0 spiro atoms. The van der Waals surface area contributed by atoms with Gasteiger partial charge in [0.1, 0.15) is 5.44 Å². The number of ether oxygens (including phenoxy) is 1. The molecular weight excluding hydrogens is 593 g/mol. The zero-order chi connectivity index (χ0) is 33.1. The fraction of sp³-hybridized carbons (Fsp3) is 0.474. The lowest BCUT2D eigenvalue weighted by Gasteiger charge is -2.31. The normalized spacial score (nSPS) is 21.0. The topological polar surface area (TPSA) is 107 Å². The number of nitrogens with one attached hydrogen (secondary N) is 2. The van der Waals surface area contributed by atoms with Crippen LogP contribution in [-0.4, -0.2) is 60.2 Å². The van der Waals surface area contributed by atoms with Crippen molar-refractivity contribution in [3.63, 3.8) is 0 Å². The zero-order valence-electron chi connectivity index (χ0n) is 28.5. The van der Waals surface area contributed by atoms with Crippen molar-refractivity contribution in [2.45, 2.75) is 104 Å². The molecule has 0 aromatic carbocycles. The number of aromatic amines is 2. The third-order valence-electron chi connectivity index (χ3n) is 9.38. The minimum Gasteiger partial charge on any atom is -0.394 e. The lowest BCUT2D eigenvalue weighted by molar-refractivity contribution is -0.0783. The van der Waals surface area contributed by atoms with E-state index in [-0.39, 0.29) is 24.3 Å². The van der Waals surface area contributed by atoms with Crippen molar-refractivity contribution in [1.82, 2.24) is 19.9 Å². The van der Waals surface area contributed by atoms with Crippen LogP contribution in [0.3, 0.4) is 0 Å². The fourth-order valence-electron chi connectivity index (χ4n) is 6.56. The van der Waals surface area contributed by atoms with Crippen LogP contribution in [-0.2, 0) is 17.6 Å². The summed E-state index contributed by atoms with van der Waals surface area (Å²) in [6, 6.07) is 6.63. The van der Waals surface area contributed by atoms with Crippen molar-refractivity contribution in [3.05, 3.63) is 75.4 Å². The number of hydrogen-bond donors (Lipinski definition) is 4. The van der Waals surface area contributed by atoms with E-state index in [1.54, 1.807) is 11.8 Å². The van der Waals surface area contributed by atoms with Crippen LogP contribution in [0.5, 0.6) is 0 Å². The van der Waals surface area contributed by atoms with Gasteiger partial charge in [-0.05, 0) is 105 Å². The molecule has 0 amide bonds. The third kappa shape index (κ3) is 7.20. The van der Waals surface area contributed by atoms with E-state index in [4.69, 9.17) is 19.8 Å². The molecule has 8 bridgehead atoms. The Morgan fingerprint density at radius 2 is 1.72 bits per heavy atom. The zero-order valence-corrected chi connectivity index (χ0v) is 29.3. The number of nitrogens with zero attached hydrogens (tertiary/aromatic N) is 2. The van der Waals surface area contributed by atoms with Crippen molar-refractivity contribution < 1.29 is 14.9 Å². The number of aliphatic hydroxyl groups excluding tert-OH is 2. The smallest absolute Gasteiger partial charge is 0.106 e. The quantitative estimate of drug-likeness (QED) is 0.215. The number of hydrogen-bond acceptors (Lipinski definition) is 6. The van der Waals surface area contributed by atoms with Crippen molar-refractivity contribution in [2.75, 3.05) is 12.4 Å². The lowest BCUT2D eigenvalue weighted by Crippen LogP contribution is -2.36. The van der Waals surface area contributed by atoms with E-state index >= 15 is 0 Å². The Bertz CT molecular complexity index is 1790. The molecule has 0 aliphatic carbocycles. The Kier molecular flexibility index (Phi) is 10.9. The summed E-state index contributed by atoms with van der Waals surface area (Å²) >= 11 is 1.73. The third-order valence-corrected chi connectivity index (χ3v) is 10.7. The van der Waals surface area contributed by atoms with Gasteiger partial charge in [-0.3, -0.25) is 4.98 Å². The molecule has 246 valence electrons. The molecule has 3 aromatic heterocycles. The van der Waals surface area contributed by atoms with Crippen LogP contribution in [0.25, 0.3) is 39.8 Å². The first kappa shape index (κ1) is 34.2. The minimum atomic E-state index is -0.305. The number of fused-ring (bicyclic) bond motifs is 8. The summed E-state index contributed by atoms with van der Waals surface area (Å²) in [4.78, 5) is 17.4. The largest absolute Gasteiger partial charge is 0.394 e. The highest BCUT2D eigenvalue weighted by atomic mass is 32.2. The van der Waals surface area contributed by atoms with Gasteiger partial charge in [0.25, 0.3) is 0 Å². The standard InChI is InChI=1S/C29H32N4.C9H18O3S/c1-8-20-18(6)27-14-29-21(9-2)17(5)26(32-29)12-22-15(3)10-24(30-22)19(7)25-11-16(4)23(31-25)13-28(20)33-27;1-2-3-13-9-5-7(11)4-8(6-10)12-9/h9,11-15,32-33H,2,8,10H2,1,3-7H3;7-11H,2-6H2,1H3. The van der Waals surface area contributed by atoms with Gasteiger partial charge in [0.15, 0.2) is 0 Å². The van der Waals surface area contributed by atoms with E-state index in [1.165, 1.54) is 27.8 Å². The Balaban J connectivity index is 0.000000270. The number of aryl methyl sites for hydroxylation is 3. The molecule has 46 heavy (non-hydrogen) atoms. The summed E-state index contributed by atoms with van der Waals surface area (Å²) in [5.74, 6) is 1.42. The van der Waals surface area contributed by atoms with Crippen LogP contribution >= 0.6 is 11.8 Å². The predicted molar refractivity (Wildman–Crippen MR) is 194 cm³/mol. The van der Waals surface area contributed by atoms with Crippen LogP contribution in [0, 0.1) is 20.8 Å². The van der Waals surface area contributed by atoms with E-state index in [1.807, 2.05) is 6.08 Å². The number of H-pyrrole nitrogens is 2. The molecule has 3 aliphatic heterocycles. The molecule has 6 heterocycles. The van der Waals surface area contributed by atoms with E-state index in [9.17, 15) is 5.11 Å². The van der Waals surface area contributed by atoms with Gasteiger partial charge in [0.05, 0.1) is 30.2 Å². The van der Waals surface area contributed by atoms with Gasteiger partial charge in [-0.1, -0.05) is 33.4 Å². The summed E-state index contributed by atoms with van der Waals surface area (Å²) < 4.78 is 5.56. The maximum absolute atomic E-state index is 9.48. The molecule has 1 saturated heterocycles. The van der Waals surface area contributed by atoms with Crippen molar-refractivity contribution in [3.8, 4) is 0 Å². The fourth-order valence-corrected chi connectivity index (χ4v) is 7.65. The second-order valence-electron chi connectivity index (χ2n) is 12.8. The van der Waals surface area contributed by atoms with Crippen molar-refractivity contribution >= 4 is 51.6 Å². The second kappa shape index (κ2) is 14.7. The van der Waals surface area contributed by atoms with E-state index < -0.39 is 0 Å². The maximum Gasteiger partial charge on any atom is 0.106 e. The molecule has 3 aliphatic rings. The van der Waals surface area contributed by atoms with Crippen molar-refractivity contribution in [1.29, 1.82) is 0 Å². The Morgan fingerprint density at radius 1 is 0.978 bits per heavy atom. The van der Waals surface area contributed by atoms with E-state index in [2.05, 4.69) is 89.3 Å². The average Bonchev–Trinajstić information content (AvgIpc) is 3.75. The summed E-state index contributed by atoms with van der Waals surface area (Å²) in [5, 5.41) is 18.4. The highest BCUT2D eigenvalue weighted by molar-refractivity contribution is 7.99. The summed E-state index contributed by atoms with van der Waals surface area (Å²) in [6.07, 6.45) is 7.95. The van der Waals surface area contributed by atoms with Gasteiger partial charge in [0.2, 0.25) is 0 Å². The number of rotatable bonds is 6. The molecule has 6 rings (SSSR count). The average molecular weight is 643 g/mol. The molecule has 4 atom stereocenters. The molecule has 8 heteroatoms. The molecule has 0 radical (unpaired) electrons. The van der Waals surface area contributed by atoms with Crippen LogP contribution in [0.2, 0.25) is 0 Å². The van der Waals surface area contributed by atoms with Gasteiger partial charge in [-0.2, -0.15) is 0 Å². The highest BCUT2D eigenvalue weighted by Crippen LogP contribution is 2.32. The first-order chi connectivity index (χ1) is 22.1. The number of aliphatic hydroxyl groups is 2. The summed E-state index contributed by atoms with van der Waals surface area (Å²) in [6.45, 7) is 19.3. The van der Waals surface area contributed by atoms with Crippen LogP contribution in [0.1, 0.15) is 103 Å². The molecule has 4 unspecified atom stereocenters. The van der Waals surface area contributed by atoms with E-state index in [0.29, 0.717) is 18.8 Å². The van der Waals surface area contributed by atoms with Crippen molar-refractivity contribution in [2.24, 2.45) is 0 Å². The van der Waals surface area contributed by atoms with Gasteiger partial charge in [-0.25, -0.2) is 4.98 Å². The van der Waals surface area contributed by atoms with Crippen LogP contribution in [0.4, 0.5) is 0 Å². The SMILES string of the molecule is C=Cc1c(C)c2cc3nc(c(C)c4nc(cc5[nH]c(cc1[nH]2)c(C)c5CC)C(C)=C4)CC3C.CCCSC1CC(O)CC(CO)O1. The predicted octanol–water partition coefficient (Wildman–Crippen LogP) is 8.34. The lowest BCUT2D eigenvalue weighted by atomic mass is 10.0. The number of thioether (sulfide) groups is 1. The first-order valence-corrected chi connectivity index (χ1v) is 17.7. The molecule has 0 saturated carbocycles. The Labute approximate surface area is 277 Å². The molecule has 1 fully saturated rings. The van der Waals surface area contributed by atoms with Crippen LogP contribution < -0.4 is 0 Å². The maximum atomic E-state index is 9.48. The molecular formula is C38H50N4O3S. The Morgan fingerprint density at radius 3 is 2.41 bits per heavy atom. The molecule has 7 nitrogen and oxygen atoms in total. The first-order valence-electron chi connectivity index (χ1n) is 16.7. The summed E-state index contributed by atoms with van der Waals surface area (Å²) in [5.41, 5.74) is 16.1. The minimum absolute atomic E-state index is 0.0141. The number of allylic oxidation sites excluding steroid dienone is 1. The Hall–Kier alpha value is -3.17. The van der Waals surface area contributed by atoms with E-state index in [0.717, 1.165) is 75.4 Å². The molecule has 3 aromatic rings. The number of aromatic nitrogens is 4. The second-order valence-corrected chi connectivity index (χ2v) is 14.1. The van der Waals surface area contributed by atoms with Crippen LogP contribution in [0.15, 0.2) is 24.8 Å².